The summed E-state index contributed by atoms with van der Waals surface area (Å²) >= 11 is 0. The number of fused-ring (bicyclic) bond motifs is 5. The molecular formula is C30H54. The first-order chi connectivity index (χ1) is 14.3. The highest BCUT2D eigenvalue weighted by Crippen LogP contribution is 2.68. The van der Waals surface area contributed by atoms with Crippen LogP contribution in [0.25, 0.3) is 0 Å². The molecule has 0 nitrogen and oxygen atoms in total. The van der Waals surface area contributed by atoms with Crippen molar-refractivity contribution in [2.75, 3.05) is 0 Å². The van der Waals surface area contributed by atoms with Gasteiger partial charge in [-0.1, -0.05) is 73.6 Å². The van der Waals surface area contributed by atoms with Gasteiger partial charge in [-0.05, 0) is 116 Å². The molecule has 9 atom stereocenters. The van der Waals surface area contributed by atoms with Crippen LogP contribution in [0.3, 0.4) is 0 Å². The standard InChI is InChI=1S/C30H54/c1-7-10-23(21(2)3)13-12-22(4)26-16-17-27-25-15-14-24-11-8-9-19-29(24,5)28(25)18-20-30(26,27)6/h21-28H,7-20H2,1-6H3. The molecule has 0 bridgehead atoms. The van der Waals surface area contributed by atoms with Gasteiger partial charge in [0.05, 0.1) is 0 Å². The molecule has 0 aliphatic heterocycles. The van der Waals surface area contributed by atoms with E-state index in [4.69, 9.17) is 0 Å². The van der Waals surface area contributed by atoms with Crippen molar-refractivity contribution in [2.24, 2.45) is 58.2 Å². The zero-order valence-corrected chi connectivity index (χ0v) is 21.5. The molecule has 4 fully saturated rings. The first-order valence-corrected chi connectivity index (χ1v) is 14.3. The van der Waals surface area contributed by atoms with Gasteiger partial charge in [-0.3, -0.25) is 0 Å². The molecule has 9 unspecified atom stereocenters. The van der Waals surface area contributed by atoms with E-state index in [-0.39, 0.29) is 0 Å². The Kier molecular flexibility index (Phi) is 7.02. The smallest absolute Gasteiger partial charge is 0.0264 e. The van der Waals surface area contributed by atoms with Crippen molar-refractivity contribution in [3.05, 3.63) is 0 Å². The monoisotopic (exact) mass is 414 g/mol. The van der Waals surface area contributed by atoms with Gasteiger partial charge in [-0.15, -0.1) is 0 Å². The summed E-state index contributed by atoms with van der Waals surface area (Å²) in [5, 5.41) is 0. The van der Waals surface area contributed by atoms with E-state index in [9.17, 15) is 0 Å². The minimum absolute atomic E-state index is 0.663. The minimum Gasteiger partial charge on any atom is -0.0654 e. The van der Waals surface area contributed by atoms with Gasteiger partial charge in [0, 0.05) is 0 Å². The van der Waals surface area contributed by atoms with Crippen LogP contribution in [-0.4, -0.2) is 0 Å². The third-order valence-corrected chi connectivity index (χ3v) is 11.9. The normalized spacial score (nSPS) is 45.5. The van der Waals surface area contributed by atoms with Crippen molar-refractivity contribution in [3.8, 4) is 0 Å². The number of rotatable bonds is 7. The largest absolute Gasteiger partial charge is 0.0654 e. The molecule has 0 aromatic heterocycles. The van der Waals surface area contributed by atoms with Gasteiger partial charge in [0.1, 0.15) is 0 Å². The zero-order valence-electron chi connectivity index (χ0n) is 21.5. The fourth-order valence-electron chi connectivity index (χ4n) is 10.1. The lowest BCUT2D eigenvalue weighted by molar-refractivity contribution is -0.114. The topological polar surface area (TPSA) is 0 Å². The van der Waals surface area contributed by atoms with Gasteiger partial charge in [0.25, 0.3) is 0 Å². The summed E-state index contributed by atoms with van der Waals surface area (Å²) in [6.45, 7) is 15.5. The molecule has 0 radical (unpaired) electrons. The van der Waals surface area contributed by atoms with Gasteiger partial charge >= 0.3 is 0 Å². The van der Waals surface area contributed by atoms with Crippen molar-refractivity contribution < 1.29 is 0 Å². The molecule has 0 saturated heterocycles. The molecule has 4 rings (SSSR count). The number of hydrogen-bond acceptors (Lipinski definition) is 0. The highest BCUT2D eigenvalue weighted by Gasteiger charge is 2.60. The maximum absolute atomic E-state index is 2.77. The molecule has 4 saturated carbocycles. The Bertz CT molecular complexity index is 562. The van der Waals surface area contributed by atoms with Crippen LogP contribution in [-0.2, 0) is 0 Å². The van der Waals surface area contributed by atoms with Crippen LogP contribution < -0.4 is 0 Å². The van der Waals surface area contributed by atoms with Gasteiger partial charge < -0.3 is 0 Å². The van der Waals surface area contributed by atoms with E-state index in [1.54, 1.807) is 51.4 Å². The molecule has 0 aromatic carbocycles. The van der Waals surface area contributed by atoms with Crippen LogP contribution in [0.2, 0.25) is 0 Å². The molecule has 0 aromatic rings. The van der Waals surface area contributed by atoms with Crippen molar-refractivity contribution in [3.63, 3.8) is 0 Å². The van der Waals surface area contributed by atoms with Gasteiger partial charge in [-0.2, -0.15) is 0 Å². The summed E-state index contributed by atoms with van der Waals surface area (Å²) in [4.78, 5) is 0. The van der Waals surface area contributed by atoms with Crippen LogP contribution in [0.5, 0.6) is 0 Å². The third-order valence-electron chi connectivity index (χ3n) is 11.9. The molecule has 174 valence electrons. The summed E-state index contributed by atoms with van der Waals surface area (Å²) in [6, 6.07) is 0. The molecule has 4 aliphatic rings. The SMILES string of the molecule is CCCC(CCC(C)C1CCC2C3CCC4CCCCC4(C)C3CCC12C)C(C)C. The lowest BCUT2D eigenvalue weighted by atomic mass is 9.44. The van der Waals surface area contributed by atoms with Crippen molar-refractivity contribution >= 4 is 0 Å². The van der Waals surface area contributed by atoms with Gasteiger partial charge in [-0.25, -0.2) is 0 Å². The van der Waals surface area contributed by atoms with Crippen LogP contribution in [0.1, 0.15) is 131 Å². The second kappa shape index (κ2) is 9.09. The third kappa shape index (κ3) is 3.94. The molecule has 0 heteroatoms. The second-order valence-electron chi connectivity index (χ2n) is 13.5. The summed E-state index contributed by atoms with van der Waals surface area (Å²) in [6.07, 6.45) is 21.3. The maximum atomic E-state index is 2.77. The Morgan fingerprint density at radius 1 is 0.733 bits per heavy atom. The highest BCUT2D eigenvalue weighted by molar-refractivity contribution is 5.09. The Morgan fingerprint density at radius 3 is 2.23 bits per heavy atom. The van der Waals surface area contributed by atoms with Crippen molar-refractivity contribution in [1.29, 1.82) is 0 Å². The molecular weight excluding hydrogens is 360 g/mol. The van der Waals surface area contributed by atoms with E-state index < -0.39 is 0 Å². The zero-order chi connectivity index (χ0) is 21.5. The van der Waals surface area contributed by atoms with Crippen molar-refractivity contribution in [2.45, 2.75) is 131 Å². The summed E-state index contributed by atoms with van der Waals surface area (Å²) in [5.74, 6) is 8.04. The molecule has 30 heavy (non-hydrogen) atoms. The fraction of sp³-hybridized carbons (Fsp3) is 1.00. The summed E-state index contributed by atoms with van der Waals surface area (Å²) in [5.41, 5.74) is 1.37. The summed E-state index contributed by atoms with van der Waals surface area (Å²) in [7, 11) is 0. The van der Waals surface area contributed by atoms with E-state index in [0.717, 1.165) is 47.3 Å². The molecule has 4 aliphatic carbocycles. The van der Waals surface area contributed by atoms with Crippen molar-refractivity contribution in [1.82, 2.24) is 0 Å². The Morgan fingerprint density at radius 2 is 1.50 bits per heavy atom. The van der Waals surface area contributed by atoms with E-state index in [1.807, 2.05) is 0 Å². The average Bonchev–Trinajstić information content (AvgIpc) is 3.07. The van der Waals surface area contributed by atoms with Gasteiger partial charge in [0.15, 0.2) is 0 Å². The lowest BCUT2D eigenvalue weighted by Gasteiger charge is -2.61. The number of hydrogen-bond donors (Lipinski definition) is 0. The van der Waals surface area contributed by atoms with E-state index in [1.165, 1.54) is 38.5 Å². The molecule has 0 N–H and O–H groups in total. The Hall–Kier alpha value is 0. The quantitative estimate of drug-likeness (QED) is 0.389. The van der Waals surface area contributed by atoms with Gasteiger partial charge in [0.2, 0.25) is 0 Å². The molecule has 0 spiro atoms. The molecule has 0 heterocycles. The van der Waals surface area contributed by atoms with Crippen LogP contribution in [0.4, 0.5) is 0 Å². The Balaban J connectivity index is 1.43. The van der Waals surface area contributed by atoms with Crippen LogP contribution in [0.15, 0.2) is 0 Å². The lowest BCUT2D eigenvalue weighted by Crippen LogP contribution is -2.53. The molecule has 0 amide bonds. The summed E-state index contributed by atoms with van der Waals surface area (Å²) < 4.78 is 0. The van der Waals surface area contributed by atoms with E-state index >= 15 is 0 Å². The van der Waals surface area contributed by atoms with Crippen LogP contribution in [0, 0.1) is 58.2 Å². The first-order valence-electron chi connectivity index (χ1n) is 14.3. The average molecular weight is 415 g/mol. The predicted octanol–water partition coefficient (Wildman–Crippen LogP) is 9.52. The second-order valence-corrected chi connectivity index (χ2v) is 13.5. The highest BCUT2D eigenvalue weighted by atomic mass is 14.6. The minimum atomic E-state index is 0.663. The van der Waals surface area contributed by atoms with E-state index in [2.05, 4.69) is 41.5 Å². The van der Waals surface area contributed by atoms with Crippen LogP contribution >= 0.6 is 0 Å². The predicted molar refractivity (Wildman–Crippen MR) is 131 cm³/mol. The van der Waals surface area contributed by atoms with E-state index in [0.29, 0.717) is 10.8 Å². The first kappa shape index (κ1) is 23.2. The fourth-order valence-corrected chi connectivity index (χ4v) is 10.1. The maximum Gasteiger partial charge on any atom is -0.0264 e. The Labute approximate surface area is 189 Å².